The molecule has 0 spiro atoms. The fraction of sp³-hybridized carbons (Fsp3) is 0.381. The standard InChI is InChI=1S/C21H25ClN4O2/c1-14-5-6-17(20(27)11-14)18-13-19(24-23-18)21(28)26-9-7-25(8-10-26)16-4-2-3-15(22)12-16/h2-6,11-12,18-19,23-24,27H,7-10,13H2,1H3. The summed E-state index contributed by atoms with van der Waals surface area (Å²) in [6.45, 7) is 4.88. The van der Waals surface area contributed by atoms with Crippen LogP contribution in [0.5, 0.6) is 5.75 Å². The first-order valence-corrected chi connectivity index (χ1v) is 9.99. The summed E-state index contributed by atoms with van der Waals surface area (Å²) in [6, 6.07) is 13.1. The second-order valence-electron chi connectivity index (χ2n) is 7.48. The second kappa shape index (κ2) is 7.99. The number of hydrazine groups is 1. The lowest BCUT2D eigenvalue weighted by Crippen LogP contribution is -2.53. The maximum absolute atomic E-state index is 12.9. The van der Waals surface area contributed by atoms with Gasteiger partial charge in [-0.2, -0.15) is 0 Å². The molecule has 7 heteroatoms. The van der Waals surface area contributed by atoms with E-state index < -0.39 is 0 Å². The number of phenols is 1. The summed E-state index contributed by atoms with van der Waals surface area (Å²) in [5, 5.41) is 10.9. The van der Waals surface area contributed by atoms with Gasteiger partial charge in [0.25, 0.3) is 0 Å². The van der Waals surface area contributed by atoms with Gasteiger partial charge < -0.3 is 14.9 Å². The monoisotopic (exact) mass is 400 g/mol. The number of halogens is 1. The molecule has 2 aliphatic rings. The molecule has 1 amide bonds. The molecule has 0 saturated carbocycles. The normalized spacial score (nSPS) is 22.5. The Labute approximate surface area is 170 Å². The number of nitrogens with zero attached hydrogens (tertiary/aromatic N) is 2. The maximum Gasteiger partial charge on any atom is 0.241 e. The largest absolute Gasteiger partial charge is 0.508 e. The summed E-state index contributed by atoms with van der Waals surface area (Å²) in [4.78, 5) is 17.1. The summed E-state index contributed by atoms with van der Waals surface area (Å²) >= 11 is 6.09. The molecular weight excluding hydrogens is 376 g/mol. The number of benzene rings is 2. The average Bonchev–Trinajstić information content (AvgIpc) is 3.17. The quantitative estimate of drug-likeness (QED) is 0.739. The van der Waals surface area contributed by atoms with E-state index in [4.69, 9.17) is 11.6 Å². The fourth-order valence-corrected chi connectivity index (χ4v) is 4.13. The first kappa shape index (κ1) is 19.1. The molecule has 2 saturated heterocycles. The Balaban J connectivity index is 1.34. The van der Waals surface area contributed by atoms with Crippen LogP contribution in [0.3, 0.4) is 0 Å². The zero-order chi connectivity index (χ0) is 19.7. The van der Waals surface area contributed by atoms with E-state index in [1.165, 1.54) is 0 Å². The number of amides is 1. The summed E-state index contributed by atoms with van der Waals surface area (Å²) in [7, 11) is 0. The highest BCUT2D eigenvalue weighted by Crippen LogP contribution is 2.31. The number of hydrogen-bond donors (Lipinski definition) is 3. The van der Waals surface area contributed by atoms with Crippen molar-refractivity contribution in [3.05, 3.63) is 58.6 Å². The van der Waals surface area contributed by atoms with Crippen molar-refractivity contribution < 1.29 is 9.90 Å². The molecule has 0 aliphatic carbocycles. The van der Waals surface area contributed by atoms with Gasteiger partial charge in [-0.15, -0.1) is 0 Å². The molecule has 2 aliphatic heterocycles. The lowest BCUT2D eigenvalue weighted by molar-refractivity contribution is -0.133. The van der Waals surface area contributed by atoms with Crippen LogP contribution in [-0.2, 0) is 4.79 Å². The SMILES string of the molecule is Cc1ccc(C2CC(C(=O)N3CCN(c4cccc(Cl)c4)CC3)NN2)c(O)c1. The van der Waals surface area contributed by atoms with Gasteiger partial charge in [-0.1, -0.05) is 29.8 Å². The van der Waals surface area contributed by atoms with E-state index in [0.29, 0.717) is 19.5 Å². The van der Waals surface area contributed by atoms with E-state index in [1.807, 2.05) is 48.2 Å². The Morgan fingerprint density at radius 3 is 2.61 bits per heavy atom. The van der Waals surface area contributed by atoms with Crippen LogP contribution >= 0.6 is 11.6 Å². The predicted molar refractivity (Wildman–Crippen MR) is 111 cm³/mol. The zero-order valence-electron chi connectivity index (χ0n) is 15.9. The molecule has 0 radical (unpaired) electrons. The Hall–Kier alpha value is -2.28. The van der Waals surface area contributed by atoms with Gasteiger partial charge in [-0.3, -0.25) is 4.79 Å². The third kappa shape index (κ3) is 3.94. The van der Waals surface area contributed by atoms with Crippen molar-refractivity contribution in [2.75, 3.05) is 31.1 Å². The van der Waals surface area contributed by atoms with E-state index in [0.717, 1.165) is 34.9 Å². The average molecular weight is 401 g/mol. The molecule has 2 aromatic carbocycles. The number of piperazine rings is 1. The van der Waals surface area contributed by atoms with Crippen molar-refractivity contribution in [2.45, 2.75) is 25.4 Å². The van der Waals surface area contributed by atoms with Crippen LogP contribution in [0.15, 0.2) is 42.5 Å². The van der Waals surface area contributed by atoms with Gasteiger partial charge in [0.15, 0.2) is 0 Å². The molecule has 2 aromatic rings. The zero-order valence-corrected chi connectivity index (χ0v) is 16.6. The van der Waals surface area contributed by atoms with E-state index in [2.05, 4.69) is 15.8 Å². The second-order valence-corrected chi connectivity index (χ2v) is 7.92. The fourth-order valence-electron chi connectivity index (χ4n) is 3.95. The number of aromatic hydroxyl groups is 1. The van der Waals surface area contributed by atoms with E-state index in [-0.39, 0.29) is 23.7 Å². The van der Waals surface area contributed by atoms with E-state index in [1.54, 1.807) is 6.07 Å². The number of carbonyl (C=O) groups is 1. The summed E-state index contributed by atoms with van der Waals surface area (Å²) in [5.74, 6) is 0.370. The minimum atomic E-state index is -0.288. The molecule has 2 unspecified atom stereocenters. The van der Waals surface area contributed by atoms with Crippen LogP contribution in [0, 0.1) is 6.92 Å². The number of anilines is 1. The van der Waals surface area contributed by atoms with Gasteiger partial charge in [0, 0.05) is 42.5 Å². The lowest BCUT2D eigenvalue weighted by Gasteiger charge is -2.37. The molecular formula is C21H25ClN4O2. The Morgan fingerprint density at radius 2 is 1.89 bits per heavy atom. The Kier molecular flexibility index (Phi) is 5.44. The third-order valence-corrected chi connectivity index (χ3v) is 5.76. The molecule has 2 fully saturated rings. The molecule has 2 atom stereocenters. The first-order valence-electron chi connectivity index (χ1n) is 9.61. The highest BCUT2D eigenvalue weighted by molar-refractivity contribution is 6.30. The number of aryl methyl sites for hydroxylation is 1. The highest BCUT2D eigenvalue weighted by atomic mass is 35.5. The number of nitrogens with one attached hydrogen (secondary N) is 2. The third-order valence-electron chi connectivity index (χ3n) is 5.53. The Bertz CT molecular complexity index is 867. The van der Waals surface area contributed by atoms with Gasteiger partial charge in [0.05, 0.1) is 6.04 Å². The maximum atomic E-state index is 12.9. The lowest BCUT2D eigenvalue weighted by atomic mass is 9.99. The van der Waals surface area contributed by atoms with Crippen LogP contribution in [0.4, 0.5) is 5.69 Å². The van der Waals surface area contributed by atoms with Crippen LogP contribution < -0.4 is 15.8 Å². The van der Waals surface area contributed by atoms with Crippen molar-refractivity contribution in [1.82, 2.24) is 15.8 Å². The van der Waals surface area contributed by atoms with Crippen LogP contribution in [0.2, 0.25) is 5.02 Å². The number of carbonyl (C=O) groups excluding carboxylic acids is 1. The summed E-state index contributed by atoms with van der Waals surface area (Å²) in [6.07, 6.45) is 0.615. The van der Waals surface area contributed by atoms with Crippen molar-refractivity contribution >= 4 is 23.2 Å². The van der Waals surface area contributed by atoms with Crippen molar-refractivity contribution in [2.24, 2.45) is 0 Å². The molecule has 0 aromatic heterocycles. The summed E-state index contributed by atoms with van der Waals surface area (Å²) < 4.78 is 0. The highest BCUT2D eigenvalue weighted by Gasteiger charge is 2.35. The number of hydrogen-bond acceptors (Lipinski definition) is 5. The summed E-state index contributed by atoms with van der Waals surface area (Å²) in [5.41, 5.74) is 9.20. The molecule has 2 heterocycles. The predicted octanol–water partition coefficient (Wildman–Crippen LogP) is 2.61. The van der Waals surface area contributed by atoms with E-state index in [9.17, 15) is 9.90 Å². The number of phenolic OH excluding ortho intramolecular Hbond substituents is 1. The molecule has 6 nitrogen and oxygen atoms in total. The smallest absolute Gasteiger partial charge is 0.241 e. The van der Waals surface area contributed by atoms with Gasteiger partial charge in [0.2, 0.25) is 5.91 Å². The van der Waals surface area contributed by atoms with E-state index >= 15 is 0 Å². The molecule has 3 N–H and O–H groups in total. The topological polar surface area (TPSA) is 67.8 Å². The Morgan fingerprint density at radius 1 is 1.11 bits per heavy atom. The molecule has 4 rings (SSSR count). The first-order chi connectivity index (χ1) is 13.5. The van der Waals surface area contributed by atoms with Crippen LogP contribution in [0.25, 0.3) is 0 Å². The number of rotatable bonds is 3. The molecule has 0 bridgehead atoms. The van der Waals surface area contributed by atoms with Gasteiger partial charge in [-0.25, -0.2) is 10.9 Å². The molecule has 28 heavy (non-hydrogen) atoms. The van der Waals surface area contributed by atoms with Gasteiger partial charge in [-0.05, 0) is 43.2 Å². The van der Waals surface area contributed by atoms with Gasteiger partial charge in [0.1, 0.15) is 11.8 Å². The minimum Gasteiger partial charge on any atom is -0.508 e. The van der Waals surface area contributed by atoms with Crippen LogP contribution in [0.1, 0.15) is 23.6 Å². The van der Waals surface area contributed by atoms with Crippen molar-refractivity contribution in [1.29, 1.82) is 0 Å². The molecule has 148 valence electrons. The van der Waals surface area contributed by atoms with Crippen molar-refractivity contribution in [3.63, 3.8) is 0 Å². The van der Waals surface area contributed by atoms with Crippen molar-refractivity contribution in [3.8, 4) is 5.75 Å². The minimum absolute atomic E-state index is 0.0812. The van der Waals surface area contributed by atoms with Gasteiger partial charge >= 0.3 is 0 Å². The van der Waals surface area contributed by atoms with Crippen LogP contribution in [-0.4, -0.2) is 48.1 Å².